The molecule has 0 fully saturated rings. The van der Waals surface area contributed by atoms with Crippen molar-refractivity contribution in [3.8, 4) is 11.4 Å². The minimum Gasteiger partial charge on any atom is -0.462 e. The number of carbonyl (C=O) groups is 2. The highest BCUT2D eigenvalue weighted by Crippen LogP contribution is 2.29. The van der Waals surface area contributed by atoms with Crippen LogP contribution in [0.25, 0.3) is 28.1 Å². The summed E-state index contributed by atoms with van der Waals surface area (Å²) in [7, 11) is 0. The smallest absolute Gasteiger partial charge is 0.340 e. The Hall–Kier alpha value is -4.24. The number of rotatable bonds is 7. The van der Waals surface area contributed by atoms with E-state index in [2.05, 4.69) is 15.5 Å². The number of ether oxygens (including phenoxy) is 1. The number of anilines is 1. The van der Waals surface area contributed by atoms with Crippen molar-refractivity contribution < 1.29 is 14.3 Å². The van der Waals surface area contributed by atoms with Gasteiger partial charge >= 0.3 is 5.97 Å². The largest absolute Gasteiger partial charge is 0.462 e. The SMILES string of the molecule is CCOC(=O)c1ccccc1NC(=O)CSc1nc2ccccc2n2c(-c3ccccc3)nnc12. The summed E-state index contributed by atoms with van der Waals surface area (Å²) in [5.74, 6) is 0.0217. The summed E-state index contributed by atoms with van der Waals surface area (Å²) < 4.78 is 7.05. The van der Waals surface area contributed by atoms with E-state index in [-0.39, 0.29) is 18.3 Å². The van der Waals surface area contributed by atoms with E-state index in [9.17, 15) is 9.59 Å². The van der Waals surface area contributed by atoms with Crippen molar-refractivity contribution >= 4 is 46.0 Å². The molecule has 0 aliphatic heterocycles. The van der Waals surface area contributed by atoms with Gasteiger partial charge in [0.2, 0.25) is 5.91 Å². The molecule has 174 valence electrons. The van der Waals surface area contributed by atoms with E-state index in [4.69, 9.17) is 9.72 Å². The van der Waals surface area contributed by atoms with Crippen LogP contribution >= 0.6 is 11.8 Å². The first kappa shape index (κ1) is 22.5. The molecule has 0 saturated heterocycles. The number of thioether (sulfide) groups is 1. The van der Waals surface area contributed by atoms with Crippen molar-refractivity contribution in [2.24, 2.45) is 0 Å². The average Bonchev–Trinajstić information content (AvgIpc) is 3.34. The molecule has 0 atom stereocenters. The van der Waals surface area contributed by atoms with Gasteiger partial charge in [0.05, 0.1) is 34.6 Å². The van der Waals surface area contributed by atoms with Gasteiger partial charge in [0.25, 0.3) is 0 Å². The monoisotopic (exact) mass is 483 g/mol. The predicted molar refractivity (Wildman–Crippen MR) is 135 cm³/mol. The second kappa shape index (κ2) is 9.94. The number of aromatic nitrogens is 4. The van der Waals surface area contributed by atoms with Crippen LogP contribution in [0.15, 0.2) is 83.9 Å². The standard InChI is InChI=1S/C26H21N5O3S/c1-2-34-26(33)18-12-6-7-13-19(18)27-22(32)16-35-25-24-30-29-23(17-10-4-3-5-11-17)31(24)21-15-9-8-14-20(21)28-25/h3-15H,2,16H2,1H3,(H,27,32). The van der Waals surface area contributed by atoms with Crippen LogP contribution in [0, 0.1) is 0 Å². The van der Waals surface area contributed by atoms with Crippen LogP contribution in [0.4, 0.5) is 5.69 Å². The highest BCUT2D eigenvalue weighted by Gasteiger charge is 2.18. The maximum Gasteiger partial charge on any atom is 0.340 e. The lowest BCUT2D eigenvalue weighted by Crippen LogP contribution is -2.17. The molecule has 1 amide bonds. The van der Waals surface area contributed by atoms with Crippen molar-refractivity contribution in [2.45, 2.75) is 11.9 Å². The third-order valence-electron chi connectivity index (χ3n) is 5.27. The van der Waals surface area contributed by atoms with Gasteiger partial charge in [-0.05, 0) is 31.2 Å². The highest BCUT2D eigenvalue weighted by atomic mass is 32.2. The molecule has 35 heavy (non-hydrogen) atoms. The van der Waals surface area contributed by atoms with Crippen LogP contribution in [0.5, 0.6) is 0 Å². The molecule has 1 N–H and O–H groups in total. The zero-order valence-electron chi connectivity index (χ0n) is 18.8. The molecule has 0 aliphatic carbocycles. The molecule has 0 aliphatic rings. The molecule has 2 heterocycles. The second-order valence-corrected chi connectivity index (χ2v) is 8.52. The van der Waals surface area contributed by atoms with Crippen LogP contribution in [0.2, 0.25) is 0 Å². The Morgan fingerprint density at radius 2 is 1.69 bits per heavy atom. The zero-order chi connectivity index (χ0) is 24.2. The van der Waals surface area contributed by atoms with Crippen LogP contribution in [0.3, 0.4) is 0 Å². The van der Waals surface area contributed by atoms with E-state index in [1.54, 1.807) is 31.2 Å². The third kappa shape index (κ3) is 4.58. The number of nitrogens with one attached hydrogen (secondary N) is 1. The summed E-state index contributed by atoms with van der Waals surface area (Å²) in [5, 5.41) is 12.2. The van der Waals surface area contributed by atoms with Crippen LogP contribution in [-0.4, -0.2) is 43.8 Å². The van der Waals surface area contributed by atoms with Gasteiger partial charge in [-0.15, -0.1) is 10.2 Å². The van der Waals surface area contributed by atoms with Crippen LogP contribution < -0.4 is 5.32 Å². The van der Waals surface area contributed by atoms with E-state index in [0.29, 0.717) is 27.7 Å². The molecule has 0 spiro atoms. The zero-order valence-corrected chi connectivity index (χ0v) is 19.7. The fourth-order valence-corrected chi connectivity index (χ4v) is 4.49. The summed E-state index contributed by atoms with van der Waals surface area (Å²) >= 11 is 1.26. The number of esters is 1. The molecule has 2 aromatic heterocycles. The van der Waals surface area contributed by atoms with E-state index in [1.807, 2.05) is 59.0 Å². The quantitative estimate of drug-likeness (QED) is 0.261. The van der Waals surface area contributed by atoms with Gasteiger partial charge < -0.3 is 10.1 Å². The number of carbonyl (C=O) groups excluding carboxylic acids is 2. The fraction of sp³-hybridized carbons (Fsp3) is 0.115. The topological polar surface area (TPSA) is 98.5 Å². The number of hydrogen-bond acceptors (Lipinski definition) is 7. The highest BCUT2D eigenvalue weighted by molar-refractivity contribution is 8.00. The van der Waals surface area contributed by atoms with Crippen molar-refractivity contribution in [1.29, 1.82) is 0 Å². The van der Waals surface area contributed by atoms with E-state index in [1.165, 1.54) is 11.8 Å². The maximum absolute atomic E-state index is 12.8. The average molecular weight is 484 g/mol. The molecular weight excluding hydrogens is 462 g/mol. The van der Waals surface area contributed by atoms with Crippen molar-refractivity contribution in [3.05, 3.63) is 84.4 Å². The lowest BCUT2D eigenvalue weighted by atomic mass is 10.2. The van der Waals surface area contributed by atoms with Gasteiger partial charge in [-0.25, -0.2) is 9.78 Å². The fourth-order valence-electron chi connectivity index (χ4n) is 3.73. The van der Waals surface area contributed by atoms with Gasteiger partial charge in [0, 0.05) is 5.56 Å². The van der Waals surface area contributed by atoms with Gasteiger partial charge in [-0.3, -0.25) is 9.20 Å². The van der Waals surface area contributed by atoms with Crippen LogP contribution in [-0.2, 0) is 9.53 Å². The lowest BCUT2D eigenvalue weighted by molar-refractivity contribution is -0.113. The molecule has 5 aromatic rings. The summed E-state index contributed by atoms with van der Waals surface area (Å²) in [4.78, 5) is 29.7. The van der Waals surface area contributed by atoms with Gasteiger partial charge in [0.1, 0.15) is 5.03 Å². The number of benzene rings is 3. The first-order valence-corrected chi connectivity index (χ1v) is 12.0. The van der Waals surface area contributed by atoms with Crippen molar-refractivity contribution in [3.63, 3.8) is 0 Å². The second-order valence-electron chi connectivity index (χ2n) is 7.56. The van der Waals surface area contributed by atoms with E-state index >= 15 is 0 Å². The minimum atomic E-state index is -0.481. The van der Waals surface area contributed by atoms with Crippen LogP contribution in [0.1, 0.15) is 17.3 Å². The predicted octanol–water partition coefficient (Wildman–Crippen LogP) is 4.85. The van der Waals surface area contributed by atoms with E-state index < -0.39 is 5.97 Å². The Labute approximate surface area is 205 Å². The molecule has 0 bridgehead atoms. The first-order valence-electron chi connectivity index (χ1n) is 11.0. The number of nitrogens with zero attached hydrogens (tertiary/aromatic N) is 4. The van der Waals surface area contributed by atoms with Gasteiger partial charge in [-0.2, -0.15) is 0 Å². The molecule has 5 rings (SSSR count). The summed E-state index contributed by atoms with van der Waals surface area (Å²) in [6.07, 6.45) is 0. The Balaban J connectivity index is 1.44. The Kier molecular flexibility index (Phi) is 6.40. The molecule has 0 unspecified atom stereocenters. The summed E-state index contributed by atoms with van der Waals surface area (Å²) in [6.45, 7) is 1.99. The van der Waals surface area contributed by atoms with Gasteiger partial charge in [-0.1, -0.05) is 66.4 Å². The minimum absolute atomic E-state index is 0.0751. The third-order valence-corrected chi connectivity index (χ3v) is 6.22. The number of hydrogen-bond donors (Lipinski definition) is 1. The van der Waals surface area contributed by atoms with Crippen molar-refractivity contribution in [2.75, 3.05) is 17.7 Å². The molecular formula is C26H21N5O3S. The lowest BCUT2D eigenvalue weighted by Gasteiger charge is -2.11. The Bertz CT molecular complexity index is 1530. The van der Waals surface area contributed by atoms with E-state index in [0.717, 1.165) is 16.6 Å². The first-order chi connectivity index (χ1) is 17.2. The number of fused-ring (bicyclic) bond motifs is 3. The number of para-hydroxylation sites is 3. The summed E-state index contributed by atoms with van der Waals surface area (Å²) in [6, 6.07) is 24.3. The molecule has 9 heteroatoms. The maximum atomic E-state index is 12.8. The summed E-state index contributed by atoms with van der Waals surface area (Å²) in [5.41, 5.74) is 3.87. The molecule has 3 aromatic carbocycles. The normalized spacial score (nSPS) is 11.0. The Morgan fingerprint density at radius 3 is 2.51 bits per heavy atom. The molecule has 0 saturated carbocycles. The number of amides is 1. The Morgan fingerprint density at radius 1 is 0.943 bits per heavy atom. The molecule has 8 nitrogen and oxygen atoms in total. The van der Waals surface area contributed by atoms with Gasteiger partial charge in [0.15, 0.2) is 11.5 Å². The van der Waals surface area contributed by atoms with Crippen molar-refractivity contribution in [1.82, 2.24) is 19.6 Å². The molecule has 0 radical (unpaired) electrons.